The van der Waals surface area contributed by atoms with Crippen molar-refractivity contribution in [2.45, 2.75) is 29.9 Å². The molecule has 62 valence electrons. The summed E-state index contributed by atoms with van der Waals surface area (Å²) in [5.74, 6) is 0. The molecule has 0 unspecified atom stereocenters. The molecule has 0 radical (unpaired) electrons. The van der Waals surface area contributed by atoms with Crippen molar-refractivity contribution in [1.82, 2.24) is 0 Å². The molecule has 1 aromatic heterocycles. The minimum Gasteiger partial charge on any atom is -0.326 e. The van der Waals surface area contributed by atoms with Crippen LogP contribution in [-0.2, 0) is 6.54 Å². The van der Waals surface area contributed by atoms with Crippen LogP contribution in [0.1, 0.15) is 18.7 Å². The SMILES string of the molecule is CC(C)Sc1ccc(CN)s1. The maximum absolute atomic E-state index is 5.50. The van der Waals surface area contributed by atoms with Gasteiger partial charge in [0.1, 0.15) is 0 Å². The Labute approximate surface area is 76.0 Å². The van der Waals surface area contributed by atoms with Gasteiger partial charge >= 0.3 is 0 Å². The molecule has 0 bridgehead atoms. The van der Waals surface area contributed by atoms with Gasteiger partial charge in [0.15, 0.2) is 0 Å². The minimum atomic E-state index is 0.666. The molecule has 1 heterocycles. The standard InChI is InChI=1S/C8H13NS2/c1-6(2)10-8-4-3-7(5-9)11-8/h3-4,6H,5,9H2,1-2H3. The highest BCUT2D eigenvalue weighted by Crippen LogP contribution is 2.29. The zero-order chi connectivity index (χ0) is 8.27. The first kappa shape index (κ1) is 9.10. The van der Waals surface area contributed by atoms with Gasteiger partial charge in [-0.05, 0) is 12.1 Å². The minimum absolute atomic E-state index is 0.666. The lowest BCUT2D eigenvalue weighted by molar-refractivity contribution is 1.11. The fourth-order valence-corrected chi connectivity index (χ4v) is 3.08. The lowest BCUT2D eigenvalue weighted by Gasteiger charge is -1.99. The molecule has 0 spiro atoms. The van der Waals surface area contributed by atoms with Gasteiger partial charge < -0.3 is 5.73 Å². The maximum Gasteiger partial charge on any atom is 0.0604 e. The second kappa shape index (κ2) is 4.14. The summed E-state index contributed by atoms with van der Waals surface area (Å²) in [7, 11) is 0. The van der Waals surface area contributed by atoms with Gasteiger partial charge in [0.2, 0.25) is 0 Å². The van der Waals surface area contributed by atoms with E-state index in [0.717, 1.165) is 0 Å². The van der Waals surface area contributed by atoms with Crippen LogP contribution in [0.25, 0.3) is 0 Å². The second-order valence-electron chi connectivity index (χ2n) is 2.59. The van der Waals surface area contributed by atoms with E-state index in [9.17, 15) is 0 Å². The van der Waals surface area contributed by atoms with Crippen LogP contribution in [0.5, 0.6) is 0 Å². The second-order valence-corrected chi connectivity index (χ2v) is 5.64. The normalized spacial score (nSPS) is 10.9. The van der Waals surface area contributed by atoms with Crippen LogP contribution in [0.4, 0.5) is 0 Å². The number of thioether (sulfide) groups is 1. The molecule has 0 saturated carbocycles. The van der Waals surface area contributed by atoms with E-state index in [1.807, 2.05) is 11.8 Å². The summed E-state index contributed by atoms with van der Waals surface area (Å²) in [6.07, 6.45) is 0. The molecule has 0 amide bonds. The van der Waals surface area contributed by atoms with Crippen molar-refractivity contribution in [2.24, 2.45) is 5.73 Å². The molecule has 0 aliphatic heterocycles. The highest BCUT2D eigenvalue weighted by molar-refractivity contribution is 8.01. The van der Waals surface area contributed by atoms with Crippen LogP contribution >= 0.6 is 23.1 Å². The Morgan fingerprint density at radius 1 is 1.55 bits per heavy atom. The molecule has 3 heteroatoms. The van der Waals surface area contributed by atoms with Crippen molar-refractivity contribution in [2.75, 3.05) is 0 Å². The van der Waals surface area contributed by atoms with E-state index in [2.05, 4.69) is 26.0 Å². The van der Waals surface area contributed by atoms with Crippen molar-refractivity contribution in [3.8, 4) is 0 Å². The molecular weight excluding hydrogens is 174 g/mol. The van der Waals surface area contributed by atoms with Gasteiger partial charge in [0.05, 0.1) is 4.21 Å². The van der Waals surface area contributed by atoms with E-state index in [0.29, 0.717) is 11.8 Å². The maximum atomic E-state index is 5.50. The molecule has 0 aliphatic rings. The Hall–Kier alpha value is 0.01000. The van der Waals surface area contributed by atoms with Crippen molar-refractivity contribution in [1.29, 1.82) is 0 Å². The summed E-state index contributed by atoms with van der Waals surface area (Å²) in [4.78, 5) is 1.27. The van der Waals surface area contributed by atoms with Gasteiger partial charge in [-0.2, -0.15) is 0 Å². The van der Waals surface area contributed by atoms with E-state index in [4.69, 9.17) is 5.73 Å². The topological polar surface area (TPSA) is 26.0 Å². The molecule has 0 aromatic carbocycles. The smallest absolute Gasteiger partial charge is 0.0604 e. The van der Waals surface area contributed by atoms with Gasteiger partial charge in [0.25, 0.3) is 0 Å². The van der Waals surface area contributed by atoms with Crippen LogP contribution in [0.15, 0.2) is 16.3 Å². The Kier molecular flexibility index (Phi) is 3.43. The lowest BCUT2D eigenvalue weighted by atomic mass is 10.5. The van der Waals surface area contributed by atoms with E-state index >= 15 is 0 Å². The summed E-state index contributed by atoms with van der Waals surface area (Å²) < 4.78 is 1.38. The van der Waals surface area contributed by atoms with Crippen molar-refractivity contribution in [3.63, 3.8) is 0 Å². The monoisotopic (exact) mass is 187 g/mol. The quantitative estimate of drug-likeness (QED) is 0.736. The first-order chi connectivity index (χ1) is 5.22. The third-order valence-corrected chi connectivity index (χ3v) is 3.47. The Bertz CT molecular complexity index is 218. The van der Waals surface area contributed by atoms with E-state index in [-0.39, 0.29) is 0 Å². The number of rotatable bonds is 3. The zero-order valence-corrected chi connectivity index (χ0v) is 8.47. The summed E-state index contributed by atoms with van der Waals surface area (Å²) in [5.41, 5.74) is 5.50. The molecular formula is C8H13NS2. The van der Waals surface area contributed by atoms with Crippen molar-refractivity contribution >= 4 is 23.1 Å². The molecule has 0 aliphatic carbocycles. The number of thiophene rings is 1. The first-order valence-electron chi connectivity index (χ1n) is 3.68. The van der Waals surface area contributed by atoms with Crippen molar-refractivity contribution in [3.05, 3.63) is 17.0 Å². The van der Waals surface area contributed by atoms with Gasteiger partial charge in [-0.15, -0.1) is 23.1 Å². The highest BCUT2D eigenvalue weighted by Gasteiger charge is 2.00. The molecule has 11 heavy (non-hydrogen) atoms. The molecule has 1 aromatic rings. The van der Waals surface area contributed by atoms with Gasteiger partial charge in [-0.1, -0.05) is 13.8 Å². The van der Waals surface area contributed by atoms with Crippen LogP contribution in [0, 0.1) is 0 Å². The van der Waals surface area contributed by atoms with Crippen LogP contribution in [-0.4, -0.2) is 5.25 Å². The van der Waals surface area contributed by atoms with E-state index in [1.54, 1.807) is 11.3 Å². The predicted molar refractivity (Wildman–Crippen MR) is 53.2 cm³/mol. The third kappa shape index (κ3) is 2.85. The van der Waals surface area contributed by atoms with Gasteiger partial charge in [-0.3, -0.25) is 0 Å². The summed E-state index contributed by atoms with van der Waals surface area (Å²) >= 11 is 3.70. The van der Waals surface area contributed by atoms with Crippen LogP contribution in [0.3, 0.4) is 0 Å². The Morgan fingerprint density at radius 3 is 2.73 bits per heavy atom. The van der Waals surface area contributed by atoms with E-state index in [1.165, 1.54) is 9.09 Å². The fourth-order valence-electron chi connectivity index (χ4n) is 0.764. The van der Waals surface area contributed by atoms with Gasteiger partial charge in [0, 0.05) is 16.7 Å². The van der Waals surface area contributed by atoms with Crippen molar-refractivity contribution < 1.29 is 0 Å². The Morgan fingerprint density at radius 2 is 2.27 bits per heavy atom. The molecule has 0 saturated heterocycles. The third-order valence-electron chi connectivity index (χ3n) is 1.19. The number of nitrogens with two attached hydrogens (primary N) is 1. The fraction of sp³-hybridized carbons (Fsp3) is 0.500. The number of hydrogen-bond acceptors (Lipinski definition) is 3. The highest BCUT2D eigenvalue weighted by atomic mass is 32.2. The average molecular weight is 187 g/mol. The summed E-state index contributed by atoms with van der Waals surface area (Å²) in [5, 5.41) is 0.666. The Balaban J connectivity index is 2.58. The molecule has 0 atom stereocenters. The van der Waals surface area contributed by atoms with Gasteiger partial charge in [-0.25, -0.2) is 0 Å². The van der Waals surface area contributed by atoms with E-state index < -0.39 is 0 Å². The molecule has 0 fully saturated rings. The summed E-state index contributed by atoms with van der Waals surface area (Å²) in [6, 6.07) is 4.26. The largest absolute Gasteiger partial charge is 0.326 e. The average Bonchev–Trinajstić information content (AvgIpc) is 2.34. The molecule has 2 N–H and O–H groups in total. The summed E-state index contributed by atoms with van der Waals surface area (Å²) in [6.45, 7) is 5.07. The number of hydrogen-bond donors (Lipinski definition) is 1. The molecule has 1 nitrogen and oxygen atoms in total. The van der Waals surface area contributed by atoms with Crippen LogP contribution in [0.2, 0.25) is 0 Å². The first-order valence-corrected chi connectivity index (χ1v) is 5.37. The molecule has 1 rings (SSSR count). The van der Waals surface area contributed by atoms with Crippen LogP contribution < -0.4 is 5.73 Å². The lowest BCUT2D eigenvalue weighted by Crippen LogP contribution is -1.91. The zero-order valence-electron chi connectivity index (χ0n) is 6.83. The predicted octanol–water partition coefficient (Wildman–Crippen LogP) is 2.71.